The molecule has 0 bridgehead atoms. The predicted octanol–water partition coefficient (Wildman–Crippen LogP) is 3.30. The minimum absolute atomic E-state index is 0.128. The summed E-state index contributed by atoms with van der Waals surface area (Å²) in [6, 6.07) is 10.5. The standard InChI is InChI=1S/2C21H24FN5O3/c2*1-21(12-28)9-13-7-16(17(8-18(13)30-21)27-6-3-14(22)11-27)26-20(29)15(10-23)19-24-4-2-5-25-19/h2*2,4-5,7-8,10,14,28H,3,6,9,11-12,23H2,1H3,(H,26,29)/t14-,21+;14-,21-/m00/s1. The summed E-state index contributed by atoms with van der Waals surface area (Å²) in [7, 11) is 0. The number of nitrogens with one attached hydrogen (secondary N) is 2. The van der Waals surface area contributed by atoms with E-state index in [2.05, 4.69) is 30.6 Å². The third-order valence-corrected chi connectivity index (χ3v) is 10.7. The highest BCUT2D eigenvalue weighted by molar-refractivity contribution is 6.25. The lowest BCUT2D eigenvalue weighted by atomic mass is 9.99. The van der Waals surface area contributed by atoms with Crippen molar-refractivity contribution in [3.05, 3.63) is 96.4 Å². The molecule has 2 aromatic heterocycles. The van der Waals surface area contributed by atoms with Gasteiger partial charge in [0.25, 0.3) is 11.8 Å². The smallest absolute Gasteiger partial charge is 0.261 e. The number of benzene rings is 2. The molecule has 6 heterocycles. The van der Waals surface area contributed by atoms with Crippen LogP contribution >= 0.6 is 0 Å². The molecule has 2 aromatic carbocycles. The summed E-state index contributed by atoms with van der Waals surface area (Å²) >= 11 is 0. The monoisotopic (exact) mass is 826 g/mol. The first-order valence-corrected chi connectivity index (χ1v) is 19.6. The Hall–Kier alpha value is -6.40. The fourth-order valence-corrected chi connectivity index (χ4v) is 7.63. The Balaban J connectivity index is 0.000000181. The summed E-state index contributed by atoms with van der Waals surface area (Å²) in [5.74, 6) is 0.739. The van der Waals surface area contributed by atoms with Gasteiger partial charge in [-0.3, -0.25) is 9.59 Å². The number of hydrogen-bond acceptors (Lipinski definition) is 14. The van der Waals surface area contributed by atoms with Crippen molar-refractivity contribution in [3.8, 4) is 11.5 Å². The van der Waals surface area contributed by atoms with Crippen molar-refractivity contribution in [1.82, 2.24) is 19.9 Å². The van der Waals surface area contributed by atoms with Gasteiger partial charge in [0.15, 0.2) is 11.6 Å². The number of hydrogen-bond donors (Lipinski definition) is 6. The number of rotatable bonds is 10. The summed E-state index contributed by atoms with van der Waals surface area (Å²) in [6.07, 6.45) is 8.41. The first kappa shape index (κ1) is 41.7. The van der Waals surface area contributed by atoms with Crippen LogP contribution in [0.5, 0.6) is 11.5 Å². The number of alkyl halides is 2. The maximum absolute atomic E-state index is 13.9. The number of aliphatic hydroxyl groups excluding tert-OH is 2. The number of aliphatic hydroxyl groups is 2. The number of amides is 2. The number of carbonyl (C=O) groups excluding carboxylic acids is 2. The Morgan fingerprint density at radius 1 is 0.733 bits per heavy atom. The van der Waals surface area contributed by atoms with Gasteiger partial charge in [0.05, 0.1) is 47.1 Å². The minimum atomic E-state index is -0.928. The Kier molecular flexibility index (Phi) is 12.1. The van der Waals surface area contributed by atoms with Gasteiger partial charge in [-0.1, -0.05) is 0 Å². The van der Waals surface area contributed by atoms with E-state index in [1.807, 2.05) is 35.8 Å². The van der Waals surface area contributed by atoms with Crippen LogP contribution in [0, 0.1) is 0 Å². The summed E-state index contributed by atoms with van der Waals surface area (Å²) in [5.41, 5.74) is 14.2. The quantitative estimate of drug-likeness (QED) is 0.126. The van der Waals surface area contributed by atoms with E-state index in [1.54, 1.807) is 24.3 Å². The highest BCUT2D eigenvalue weighted by Crippen LogP contribution is 2.44. The Labute approximate surface area is 345 Å². The number of ether oxygens (including phenoxy) is 2. The van der Waals surface area contributed by atoms with Crippen LogP contribution < -0.4 is 41.4 Å². The van der Waals surface area contributed by atoms with E-state index in [0.29, 0.717) is 73.0 Å². The van der Waals surface area contributed by atoms with Gasteiger partial charge >= 0.3 is 0 Å². The van der Waals surface area contributed by atoms with E-state index in [-0.39, 0.29) is 49.1 Å². The lowest BCUT2D eigenvalue weighted by Gasteiger charge is -2.23. The molecular formula is C42H48F2N10O6. The lowest BCUT2D eigenvalue weighted by molar-refractivity contribution is -0.111. The number of anilines is 4. The third kappa shape index (κ3) is 8.93. The number of aromatic nitrogens is 4. The topological polar surface area (TPSA) is 227 Å². The third-order valence-electron chi connectivity index (χ3n) is 10.7. The zero-order valence-corrected chi connectivity index (χ0v) is 33.3. The molecule has 316 valence electrons. The molecular weight excluding hydrogens is 779 g/mol. The van der Waals surface area contributed by atoms with Gasteiger partial charge in [-0.15, -0.1) is 0 Å². The zero-order chi connectivity index (χ0) is 42.6. The van der Waals surface area contributed by atoms with E-state index >= 15 is 0 Å². The predicted molar refractivity (Wildman–Crippen MR) is 222 cm³/mol. The Bertz CT molecular complexity index is 2130. The van der Waals surface area contributed by atoms with E-state index in [0.717, 1.165) is 23.5 Å². The molecule has 60 heavy (non-hydrogen) atoms. The van der Waals surface area contributed by atoms with Crippen LogP contribution in [-0.4, -0.2) is 105 Å². The van der Waals surface area contributed by atoms with Crippen LogP contribution in [0.1, 0.15) is 49.5 Å². The molecule has 16 nitrogen and oxygen atoms in total. The summed E-state index contributed by atoms with van der Waals surface area (Å²) in [4.78, 5) is 46.0. The van der Waals surface area contributed by atoms with Crippen LogP contribution in [0.15, 0.2) is 73.6 Å². The highest BCUT2D eigenvalue weighted by atomic mass is 19.1. The maximum atomic E-state index is 13.9. The number of fused-ring (bicyclic) bond motifs is 2. The van der Waals surface area contributed by atoms with Crippen LogP contribution in [0.4, 0.5) is 31.5 Å². The summed E-state index contributed by atoms with van der Waals surface area (Å²) in [6.45, 7) is 4.89. The van der Waals surface area contributed by atoms with Crippen molar-refractivity contribution < 1.29 is 38.1 Å². The second-order valence-corrected chi connectivity index (χ2v) is 15.6. The van der Waals surface area contributed by atoms with Crippen molar-refractivity contribution in [1.29, 1.82) is 0 Å². The van der Waals surface area contributed by atoms with Crippen LogP contribution in [0.25, 0.3) is 11.1 Å². The first-order valence-electron chi connectivity index (χ1n) is 19.6. The number of nitrogens with two attached hydrogens (primary N) is 2. The summed E-state index contributed by atoms with van der Waals surface area (Å²) in [5, 5.41) is 25.1. The van der Waals surface area contributed by atoms with Crippen molar-refractivity contribution in [2.24, 2.45) is 11.5 Å². The van der Waals surface area contributed by atoms with Crippen LogP contribution in [0.3, 0.4) is 0 Å². The van der Waals surface area contributed by atoms with Gasteiger partial charge in [-0.2, -0.15) is 0 Å². The Morgan fingerprint density at radius 3 is 1.43 bits per heavy atom. The summed E-state index contributed by atoms with van der Waals surface area (Å²) < 4.78 is 39.6. The molecule has 4 aliphatic heterocycles. The number of carbonyl (C=O) groups is 2. The van der Waals surface area contributed by atoms with E-state index < -0.39 is 35.4 Å². The second-order valence-electron chi connectivity index (χ2n) is 15.6. The average Bonchev–Trinajstić information content (AvgIpc) is 4.03. The maximum Gasteiger partial charge on any atom is 0.261 e. The molecule has 4 aliphatic rings. The molecule has 0 aliphatic carbocycles. The van der Waals surface area contributed by atoms with E-state index in [4.69, 9.17) is 20.9 Å². The molecule has 4 atom stereocenters. The number of halogens is 2. The van der Waals surface area contributed by atoms with Gasteiger partial charge in [-0.05, 0) is 51.0 Å². The molecule has 8 rings (SSSR count). The SMILES string of the molecule is C[C@@]1(CO)Cc2cc(NC(=O)C(=CN)c3ncccn3)c(N3CC[C@H](F)C3)cc2O1.C[C@]1(CO)Cc2cc(NC(=O)C(=CN)c3ncccn3)c(N3CC[C@H](F)C3)cc2O1. The molecule has 2 fully saturated rings. The van der Waals surface area contributed by atoms with Crippen molar-refractivity contribution in [2.45, 2.75) is 63.1 Å². The molecule has 0 radical (unpaired) electrons. The van der Waals surface area contributed by atoms with E-state index in [9.17, 15) is 28.6 Å². The lowest BCUT2D eigenvalue weighted by Crippen LogP contribution is -2.34. The molecule has 18 heteroatoms. The second kappa shape index (κ2) is 17.4. The van der Waals surface area contributed by atoms with Crippen LogP contribution in [-0.2, 0) is 22.4 Å². The Morgan fingerprint density at radius 2 is 1.12 bits per heavy atom. The van der Waals surface area contributed by atoms with Crippen molar-refractivity contribution >= 4 is 45.7 Å². The first-order chi connectivity index (χ1) is 28.8. The van der Waals surface area contributed by atoms with E-state index in [1.165, 1.54) is 24.8 Å². The molecule has 4 aromatic rings. The van der Waals surface area contributed by atoms with Gasteiger partial charge in [0, 0.05) is 99.5 Å². The van der Waals surface area contributed by atoms with Crippen molar-refractivity contribution in [2.75, 3.05) is 59.8 Å². The fraction of sp³-hybridized carbons (Fsp3) is 0.381. The van der Waals surface area contributed by atoms with Gasteiger partial charge < -0.3 is 51.6 Å². The number of nitrogens with zero attached hydrogens (tertiary/aromatic N) is 6. The van der Waals surface area contributed by atoms with Gasteiger partial charge in [0.2, 0.25) is 0 Å². The van der Waals surface area contributed by atoms with Crippen LogP contribution in [0.2, 0.25) is 0 Å². The van der Waals surface area contributed by atoms with Crippen molar-refractivity contribution in [3.63, 3.8) is 0 Å². The molecule has 0 unspecified atom stereocenters. The molecule has 2 amide bonds. The average molecular weight is 827 g/mol. The fourth-order valence-electron chi connectivity index (χ4n) is 7.63. The molecule has 0 spiro atoms. The zero-order valence-electron chi connectivity index (χ0n) is 33.3. The normalized spacial score (nSPS) is 23.2. The highest BCUT2D eigenvalue weighted by Gasteiger charge is 2.38. The van der Waals surface area contributed by atoms with Gasteiger partial charge in [0.1, 0.15) is 35.0 Å². The van der Waals surface area contributed by atoms with Gasteiger partial charge in [-0.25, -0.2) is 28.7 Å². The largest absolute Gasteiger partial charge is 0.484 e. The minimum Gasteiger partial charge on any atom is -0.484 e. The molecule has 0 saturated carbocycles. The molecule has 2 saturated heterocycles. The molecule has 8 N–H and O–H groups in total.